The lowest BCUT2D eigenvalue weighted by molar-refractivity contribution is 0.433. The van der Waals surface area contributed by atoms with Gasteiger partial charge in [-0.15, -0.1) is 0 Å². The summed E-state index contributed by atoms with van der Waals surface area (Å²) >= 11 is 0. The summed E-state index contributed by atoms with van der Waals surface area (Å²) in [4.78, 5) is 4.52. The zero-order chi connectivity index (χ0) is 15.5. The van der Waals surface area contributed by atoms with Crippen molar-refractivity contribution in [2.24, 2.45) is 0 Å². The summed E-state index contributed by atoms with van der Waals surface area (Å²) < 4.78 is 30.4. The minimum atomic E-state index is -3.45. The van der Waals surface area contributed by atoms with Crippen molar-refractivity contribution in [3.05, 3.63) is 30.1 Å². The Morgan fingerprint density at radius 1 is 1.19 bits per heavy atom. The molecule has 0 spiro atoms. The molecule has 0 aliphatic carbocycles. The molecule has 0 saturated carbocycles. The highest BCUT2D eigenvalue weighted by Crippen LogP contribution is 2.16. The molecule has 0 amide bonds. The van der Waals surface area contributed by atoms with Crippen molar-refractivity contribution in [1.29, 1.82) is 0 Å². The first-order valence-electron chi connectivity index (χ1n) is 7.22. The second-order valence-corrected chi connectivity index (χ2v) is 6.43. The van der Waals surface area contributed by atoms with E-state index in [0.717, 1.165) is 23.4 Å². The van der Waals surface area contributed by atoms with Gasteiger partial charge in [-0.3, -0.25) is 0 Å². The van der Waals surface area contributed by atoms with Gasteiger partial charge in [-0.25, -0.2) is 4.98 Å². The number of benzene rings is 1. The van der Waals surface area contributed by atoms with Crippen molar-refractivity contribution in [3.8, 4) is 0 Å². The second kappa shape index (κ2) is 6.55. The van der Waals surface area contributed by atoms with Gasteiger partial charge >= 0.3 is 0 Å². The minimum Gasteiger partial charge on any atom is -0.327 e. The van der Waals surface area contributed by atoms with E-state index in [1.807, 2.05) is 49.6 Å². The number of rotatable bonds is 7. The standard InChI is InChI=1S/C14H22N4O2S/c1-4-17(5-2)21(19,20)15-11-14-16-12-9-7-8-10-13(12)18(14)6-3/h7-10,15H,4-6,11H2,1-3H3. The smallest absolute Gasteiger partial charge is 0.279 e. The third kappa shape index (κ3) is 3.25. The molecule has 21 heavy (non-hydrogen) atoms. The highest BCUT2D eigenvalue weighted by molar-refractivity contribution is 7.87. The van der Waals surface area contributed by atoms with E-state index in [4.69, 9.17) is 0 Å². The number of hydrogen-bond acceptors (Lipinski definition) is 3. The van der Waals surface area contributed by atoms with Crippen LogP contribution in [0.2, 0.25) is 0 Å². The molecule has 1 heterocycles. The lowest BCUT2D eigenvalue weighted by Gasteiger charge is -2.18. The molecule has 0 fully saturated rings. The monoisotopic (exact) mass is 310 g/mol. The van der Waals surface area contributed by atoms with E-state index >= 15 is 0 Å². The number of nitrogens with zero attached hydrogens (tertiary/aromatic N) is 3. The zero-order valence-electron chi connectivity index (χ0n) is 12.7. The predicted molar refractivity (Wildman–Crippen MR) is 84.1 cm³/mol. The van der Waals surface area contributed by atoms with Crippen molar-refractivity contribution in [1.82, 2.24) is 18.6 Å². The molecule has 0 aliphatic rings. The van der Waals surface area contributed by atoms with Crippen LogP contribution >= 0.6 is 0 Å². The minimum absolute atomic E-state index is 0.196. The van der Waals surface area contributed by atoms with Crippen LogP contribution in [0.4, 0.5) is 0 Å². The molecule has 1 aromatic heterocycles. The Kier molecular flexibility index (Phi) is 4.97. The number of aromatic nitrogens is 2. The van der Waals surface area contributed by atoms with E-state index in [9.17, 15) is 8.42 Å². The van der Waals surface area contributed by atoms with Crippen molar-refractivity contribution in [2.75, 3.05) is 13.1 Å². The molecule has 0 bridgehead atoms. The van der Waals surface area contributed by atoms with Crippen LogP contribution in [-0.4, -0.2) is 35.4 Å². The molecule has 0 atom stereocenters. The predicted octanol–water partition coefficient (Wildman–Crippen LogP) is 1.73. The highest BCUT2D eigenvalue weighted by atomic mass is 32.2. The van der Waals surface area contributed by atoms with E-state index in [0.29, 0.717) is 13.1 Å². The summed E-state index contributed by atoms with van der Waals surface area (Å²) in [5, 5.41) is 0. The molecule has 7 heteroatoms. The van der Waals surface area contributed by atoms with Crippen LogP contribution in [0, 0.1) is 0 Å². The Morgan fingerprint density at radius 2 is 1.86 bits per heavy atom. The maximum Gasteiger partial charge on any atom is 0.279 e. The average Bonchev–Trinajstić information content (AvgIpc) is 2.83. The van der Waals surface area contributed by atoms with Gasteiger partial charge in [-0.1, -0.05) is 26.0 Å². The molecule has 0 saturated heterocycles. The zero-order valence-corrected chi connectivity index (χ0v) is 13.5. The second-order valence-electron chi connectivity index (χ2n) is 4.67. The van der Waals surface area contributed by atoms with Gasteiger partial charge in [0.1, 0.15) is 5.82 Å². The summed E-state index contributed by atoms with van der Waals surface area (Å²) in [5.41, 5.74) is 1.91. The van der Waals surface area contributed by atoms with Gasteiger partial charge in [0.05, 0.1) is 17.6 Å². The van der Waals surface area contributed by atoms with Crippen LogP contribution in [0.25, 0.3) is 11.0 Å². The van der Waals surface area contributed by atoms with Gasteiger partial charge in [0, 0.05) is 19.6 Å². The quantitative estimate of drug-likeness (QED) is 0.847. The first-order chi connectivity index (χ1) is 10.0. The summed E-state index contributed by atoms with van der Waals surface area (Å²) in [7, 11) is -3.45. The third-order valence-electron chi connectivity index (χ3n) is 3.51. The van der Waals surface area contributed by atoms with E-state index in [2.05, 4.69) is 9.71 Å². The Labute approximate surface area is 126 Å². The Bertz CT molecular complexity index is 705. The fourth-order valence-electron chi connectivity index (χ4n) is 2.42. The van der Waals surface area contributed by atoms with Crippen LogP contribution in [0.15, 0.2) is 24.3 Å². The SMILES string of the molecule is CCN(CC)S(=O)(=O)NCc1nc2ccccc2n1CC. The molecule has 6 nitrogen and oxygen atoms in total. The normalized spacial score (nSPS) is 12.4. The summed E-state index contributed by atoms with van der Waals surface area (Å²) in [5.74, 6) is 0.731. The molecule has 1 aromatic carbocycles. The average molecular weight is 310 g/mol. The largest absolute Gasteiger partial charge is 0.327 e. The van der Waals surface area contributed by atoms with Crippen LogP contribution < -0.4 is 4.72 Å². The molecule has 2 aromatic rings. The summed E-state index contributed by atoms with van der Waals surface area (Å²) in [6.45, 7) is 7.53. The van der Waals surface area contributed by atoms with Crippen molar-refractivity contribution < 1.29 is 8.42 Å². The molecule has 1 N–H and O–H groups in total. The Balaban J connectivity index is 2.24. The number of imidazole rings is 1. The van der Waals surface area contributed by atoms with Gasteiger partial charge in [0.15, 0.2) is 0 Å². The van der Waals surface area contributed by atoms with Gasteiger partial charge in [0.2, 0.25) is 0 Å². The number of nitrogens with one attached hydrogen (secondary N) is 1. The fourth-order valence-corrected chi connectivity index (χ4v) is 3.60. The molecular formula is C14H22N4O2S. The van der Waals surface area contributed by atoms with Crippen molar-refractivity contribution >= 4 is 21.2 Å². The number of aryl methyl sites for hydroxylation is 1. The first kappa shape index (κ1) is 15.9. The molecule has 2 rings (SSSR count). The Morgan fingerprint density at radius 3 is 2.48 bits per heavy atom. The number of para-hydroxylation sites is 2. The summed E-state index contributed by atoms with van der Waals surface area (Å²) in [6, 6.07) is 7.82. The Hall–Kier alpha value is -1.44. The third-order valence-corrected chi connectivity index (χ3v) is 5.21. The first-order valence-corrected chi connectivity index (χ1v) is 8.66. The lowest BCUT2D eigenvalue weighted by atomic mass is 10.3. The fraction of sp³-hybridized carbons (Fsp3) is 0.500. The molecular weight excluding hydrogens is 288 g/mol. The number of fused-ring (bicyclic) bond motifs is 1. The van der Waals surface area contributed by atoms with Crippen LogP contribution in [0.1, 0.15) is 26.6 Å². The molecule has 0 aliphatic heterocycles. The maximum atomic E-state index is 12.2. The molecule has 0 radical (unpaired) electrons. The van der Waals surface area contributed by atoms with Crippen LogP contribution in [-0.2, 0) is 23.3 Å². The van der Waals surface area contributed by atoms with Crippen molar-refractivity contribution in [3.63, 3.8) is 0 Å². The summed E-state index contributed by atoms with van der Waals surface area (Å²) in [6.07, 6.45) is 0. The van der Waals surface area contributed by atoms with Gasteiger partial charge in [-0.05, 0) is 19.1 Å². The maximum absolute atomic E-state index is 12.2. The van der Waals surface area contributed by atoms with E-state index in [-0.39, 0.29) is 6.54 Å². The van der Waals surface area contributed by atoms with Crippen molar-refractivity contribution in [2.45, 2.75) is 33.9 Å². The van der Waals surface area contributed by atoms with E-state index in [1.165, 1.54) is 4.31 Å². The van der Waals surface area contributed by atoms with Gasteiger partial charge < -0.3 is 4.57 Å². The lowest BCUT2D eigenvalue weighted by Crippen LogP contribution is -2.40. The topological polar surface area (TPSA) is 67.2 Å². The van der Waals surface area contributed by atoms with Crippen LogP contribution in [0.3, 0.4) is 0 Å². The van der Waals surface area contributed by atoms with Crippen LogP contribution in [0.5, 0.6) is 0 Å². The van der Waals surface area contributed by atoms with Gasteiger partial charge in [0.25, 0.3) is 10.2 Å². The number of hydrogen-bond donors (Lipinski definition) is 1. The molecule has 116 valence electrons. The molecule has 0 unspecified atom stereocenters. The van der Waals surface area contributed by atoms with E-state index < -0.39 is 10.2 Å². The van der Waals surface area contributed by atoms with E-state index in [1.54, 1.807) is 0 Å². The van der Waals surface area contributed by atoms with Gasteiger partial charge in [-0.2, -0.15) is 17.4 Å². The highest BCUT2D eigenvalue weighted by Gasteiger charge is 2.19.